The summed E-state index contributed by atoms with van der Waals surface area (Å²) in [4.78, 5) is 48.3. The smallest absolute Gasteiger partial charge is 0.333 e. The van der Waals surface area contributed by atoms with E-state index in [9.17, 15) is 24.3 Å². The molecule has 2 atom stereocenters. The van der Waals surface area contributed by atoms with Crippen LogP contribution in [0.4, 0.5) is 0 Å². The molecule has 3 N–H and O–H groups in total. The van der Waals surface area contributed by atoms with Gasteiger partial charge in [0.2, 0.25) is 0 Å². The molecule has 0 aromatic carbocycles. The molecule has 0 aliphatic heterocycles. The third kappa shape index (κ3) is 4.35. The maximum atomic E-state index is 11.4. The summed E-state index contributed by atoms with van der Waals surface area (Å²) in [5.41, 5.74) is -2.76. The highest BCUT2D eigenvalue weighted by atomic mass is 16.5. The van der Waals surface area contributed by atoms with Crippen molar-refractivity contribution in [3.63, 3.8) is 0 Å². The number of aromatic amines is 2. The van der Waals surface area contributed by atoms with Gasteiger partial charge in [-0.25, -0.2) is 23.7 Å². The predicted octanol–water partition coefficient (Wildman–Crippen LogP) is -1.91. The average Bonchev–Trinajstić information content (AvgIpc) is 2.33. The van der Waals surface area contributed by atoms with Gasteiger partial charge in [-0.2, -0.15) is 0 Å². The Hall–Kier alpha value is -2.42. The standard InChI is InChI=1S/C11H15N3O6/c1-3-8(16)20-6(2)4-7(15)5-14-10(18)12-9(17)13-11(14)19/h3,6-7,15H,1,4-5H2,2H3,(H2,12,13,17,18,19). The Morgan fingerprint density at radius 3 is 2.45 bits per heavy atom. The van der Waals surface area contributed by atoms with Crippen molar-refractivity contribution >= 4 is 5.97 Å². The summed E-state index contributed by atoms with van der Waals surface area (Å²) < 4.78 is 5.49. The van der Waals surface area contributed by atoms with E-state index in [4.69, 9.17) is 4.74 Å². The third-order valence-electron chi connectivity index (χ3n) is 2.41. The molecule has 1 heterocycles. The number of rotatable bonds is 6. The number of carbonyl (C=O) groups excluding carboxylic acids is 1. The number of aliphatic hydroxyl groups excluding tert-OH is 1. The predicted molar refractivity (Wildman–Crippen MR) is 68.3 cm³/mol. The fourth-order valence-corrected chi connectivity index (χ4v) is 1.58. The molecule has 0 aliphatic carbocycles. The van der Waals surface area contributed by atoms with Crippen LogP contribution in [0.3, 0.4) is 0 Å². The summed E-state index contributed by atoms with van der Waals surface area (Å²) in [7, 11) is 0. The molecule has 110 valence electrons. The molecule has 0 aliphatic rings. The van der Waals surface area contributed by atoms with Crippen molar-refractivity contribution in [1.29, 1.82) is 0 Å². The number of H-pyrrole nitrogens is 2. The molecule has 9 heteroatoms. The van der Waals surface area contributed by atoms with Crippen LogP contribution in [0.2, 0.25) is 0 Å². The van der Waals surface area contributed by atoms with E-state index >= 15 is 0 Å². The Morgan fingerprint density at radius 2 is 1.95 bits per heavy atom. The Labute approximate surface area is 112 Å². The lowest BCUT2D eigenvalue weighted by molar-refractivity contribution is -0.143. The molecule has 9 nitrogen and oxygen atoms in total. The average molecular weight is 285 g/mol. The van der Waals surface area contributed by atoms with Gasteiger partial charge < -0.3 is 9.84 Å². The quantitative estimate of drug-likeness (QED) is 0.412. The molecule has 20 heavy (non-hydrogen) atoms. The number of carbonyl (C=O) groups is 1. The number of aromatic nitrogens is 3. The van der Waals surface area contributed by atoms with Gasteiger partial charge in [-0.3, -0.25) is 9.97 Å². The number of aliphatic hydroxyl groups is 1. The van der Waals surface area contributed by atoms with Gasteiger partial charge in [0, 0.05) is 12.5 Å². The molecule has 0 bridgehead atoms. The maximum Gasteiger partial charge on any atom is 0.333 e. The zero-order chi connectivity index (χ0) is 15.3. The second-order valence-electron chi connectivity index (χ2n) is 4.14. The van der Waals surface area contributed by atoms with Crippen LogP contribution in [-0.4, -0.2) is 37.8 Å². The molecule has 0 fully saturated rings. The number of hydrogen-bond donors (Lipinski definition) is 3. The molecule has 0 spiro atoms. The van der Waals surface area contributed by atoms with Crippen molar-refractivity contribution in [3.05, 3.63) is 44.1 Å². The number of nitrogens with zero attached hydrogens (tertiary/aromatic N) is 1. The Morgan fingerprint density at radius 1 is 1.40 bits per heavy atom. The minimum Gasteiger partial charge on any atom is -0.459 e. The second kappa shape index (κ2) is 6.66. The van der Waals surface area contributed by atoms with E-state index in [0.717, 1.165) is 6.08 Å². The second-order valence-corrected chi connectivity index (χ2v) is 4.14. The van der Waals surface area contributed by atoms with E-state index in [1.165, 1.54) is 0 Å². The van der Waals surface area contributed by atoms with Crippen molar-refractivity contribution in [2.45, 2.75) is 32.1 Å². The van der Waals surface area contributed by atoms with Gasteiger partial charge in [0.05, 0.1) is 12.6 Å². The first-order valence-corrected chi connectivity index (χ1v) is 5.78. The van der Waals surface area contributed by atoms with Crippen LogP contribution in [0.25, 0.3) is 0 Å². The zero-order valence-electron chi connectivity index (χ0n) is 10.8. The molecule has 0 amide bonds. The molecular weight excluding hydrogens is 270 g/mol. The summed E-state index contributed by atoms with van der Waals surface area (Å²) in [6, 6.07) is 0. The van der Waals surface area contributed by atoms with Gasteiger partial charge in [0.25, 0.3) is 0 Å². The maximum absolute atomic E-state index is 11.4. The van der Waals surface area contributed by atoms with Crippen molar-refractivity contribution < 1.29 is 14.6 Å². The molecular formula is C11H15N3O6. The third-order valence-corrected chi connectivity index (χ3v) is 2.41. The van der Waals surface area contributed by atoms with Gasteiger partial charge in [-0.15, -0.1) is 0 Å². The lowest BCUT2D eigenvalue weighted by Gasteiger charge is -2.16. The van der Waals surface area contributed by atoms with E-state index in [0.29, 0.717) is 4.57 Å². The van der Waals surface area contributed by atoms with E-state index in [-0.39, 0.29) is 13.0 Å². The van der Waals surface area contributed by atoms with Crippen molar-refractivity contribution in [2.24, 2.45) is 0 Å². The van der Waals surface area contributed by atoms with Gasteiger partial charge >= 0.3 is 23.0 Å². The Balaban J connectivity index is 2.72. The summed E-state index contributed by atoms with van der Waals surface area (Å²) in [6.07, 6.45) is -0.717. The number of hydrogen-bond acceptors (Lipinski definition) is 6. The number of esters is 1. The molecule has 1 aromatic heterocycles. The zero-order valence-corrected chi connectivity index (χ0v) is 10.8. The molecule has 0 saturated heterocycles. The number of nitrogens with one attached hydrogen (secondary N) is 2. The van der Waals surface area contributed by atoms with Crippen LogP contribution in [-0.2, 0) is 16.1 Å². The lowest BCUT2D eigenvalue weighted by Crippen LogP contribution is -2.45. The molecule has 1 aromatic rings. The Bertz CT molecular complexity index is 621. The summed E-state index contributed by atoms with van der Waals surface area (Å²) in [5, 5.41) is 9.76. The van der Waals surface area contributed by atoms with E-state index < -0.39 is 35.2 Å². The van der Waals surface area contributed by atoms with Gasteiger partial charge in [0.1, 0.15) is 6.10 Å². The Kier molecular flexibility index (Phi) is 5.21. The van der Waals surface area contributed by atoms with E-state index in [1.54, 1.807) is 6.92 Å². The topological polar surface area (TPSA) is 134 Å². The summed E-state index contributed by atoms with van der Waals surface area (Å²) in [6.45, 7) is 4.44. The van der Waals surface area contributed by atoms with Crippen LogP contribution in [0, 0.1) is 0 Å². The van der Waals surface area contributed by atoms with Gasteiger partial charge in [-0.05, 0) is 6.92 Å². The summed E-state index contributed by atoms with van der Waals surface area (Å²) >= 11 is 0. The van der Waals surface area contributed by atoms with Crippen molar-refractivity contribution in [2.75, 3.05) is 0 Å². The minimum absolute atomic E-state index is 0.0184. The van der Waals surface area contributed by atoms with Crippen LogP contribution in [0.1, 0.15) is 13.3 Å². The highest BCUT2D eigenvalue weighted by Crippen LogP contribution is 2.04. The molecule has 1 rings (SSSR count). The van der Waals surface area contributed by atoms with E-state index in [2.05, 4.69) is 6.58 Å². The fraction of sp³-hybridized carbons (Fsp3) is 0.455. The number of ether oxygens (including phenoxy) is 1. The van der Waals surface area contributed by atoms with Crippen LogP contribution in [0.15, 0.2) is 27.0 Å². The van der Waals surface area contributed by atoms with Crippen molar-refractivity contribution in [1.82, 2.24) is 14.5 Å². The molecule has 2 unspecified atom stereocenters. The minimum atomic E-state index is -1.10. The van der Waals surface area contributed by atoms with Gasteiger partial charge in [-0.1, -0.05) is 6.58 Å². The first kappa shape index (κ1) is 15.6. The van der Waals surface area contributed by atoms with E-state index in [1.807, 2.05) is 9.97 Å². The molecule has 0 saturated carbocycles. The summed E-state index contributed by atoms with van der Waals surface area (Å²) in [5.74, 6) is -0.635. The van der Waals surface area contributed by atoms with Crippen LogP contribution < -0.4 is 17.1 Å². The normalized spacial score (nSPS) is 13.5. The highest BCUT2D eigenvalue weighted by Gasteiger charge is 2.15. The fourth-order valence-electron chi connectivity index (χ4n) is 1.58. The molecule has 0 radical (unpaired) electrons. The van der Waals surface area contributed by atoms with Gasteiger partial charge in [0.15, 0.2) is 0 Å². The monoisotopic (exact) mass is 285 g/mol. The highest BCUT2D eigenvalue weighted by molar-refractivity contribution is 5.81. The van der Waals surface area contributed by atoms with Crippen LogP contribution >= 0.6 is 0 Å². The van der Waals surface area contributed by atoms with Crippen LogP contribution in [0.5, 0.6) is 0 Å². The SMILES string of the molecule is C=CC(=O)OC(C)CC(O)Cn1c(=O)[nH]c(=O)[nH]c1=O. The first-order chi connectivity index (χ1) is 9.33. The first-order valence-electron chi connectivity index (χ1n) is 5.78. The largest absolute Gasteiger partial charge is 0.459 e. The van der Waals surface area contributed by atoms with Crippen molar-refractivity contribution in [3.8, 4) is 0 Å². The lowest BCUT2D eigenvalue weighted by atomic mass is 10.2.